The minimum atomic E-state index is 0.750. The van der Waals surface area contributed by atoms with Crippen molar-refractivity contribution >= 4 is 6.41 Å². The number of rotatable bonds is 1. The molecule has 0 fully saturated rings. The smallest absolute Gasteiger partial charge is 0.209 e. The second-order valence-electron chi connectivity index (χ2n) is 1.07. The molecule has 0 aliphatic rings. The molecule has 42 valence electrons. The Labute approximate surface area is 44.4 Å². The highest BCUT2D eigenvalue weighted by Crippen LogP contribution is 1.52. The molecule has 0 aliphatic heterocycles. The molecule has 0 N–H and O–H groups in total. The van der Waals surface area contributed by atoms with E-state index in [1.54, 1.807) is 14.1 Å². The number of amides is 1. The molecule has 0 unspecified atom stereocenters. The molecule has 1 amide bonds. The zero-order valence-electron chi connectivity index (χ0n) is 4.85. The highest BCUT2D eigenvalue weighted by Gasteiger charge is 1.68. The molecule has 0 atom stereocenters. The lowest BCUT2D eigenvalue weighted by atomic mass is 11.0. The first-order valence-corrected chi connectivity index (χ1v) is 1.89. The van der Waals surface area contributed by atoms with E-state index in [9.17, 15) is 4.79 Å². The Morgan fingerprint density at radius 1 is 1.43 bits per heavy atom. The molecule has 2 heteroatoms. The third kappa shape index (κ3) is 36.7. The zero-order chi connectivity index (χ0) is 6.28. The van der Waals surface area contributed by atoms with Crippen LogP contribution in [0.5, 0.6) is 0 Å². The third-order valence-electron chi connectivity index (χ3n) is 0.211. The fraction of sp³-hybridized carbons (Fsp3) is 0.400. The molecule has 0 heterocycles. The van der Waals surface area contributed by atoms with Gasteiger partial charge in [0, 0.05) is 14.1 Å². The summed E-state index contributed by atoms with van der Waals surface area (Å²) in [5, 5.41) is 0. The number of hydrogen-bond acceptors (Lipinski definition) is 1. The molecule has 0 radical (unpaired) electrons. The van der Waals surface area contributed by atoms with E-state index < -0.39 is 0 Å². The SMILES string of the molecule is C=C.CN(C)C=O. The van der Waals surface area contributed by atoms with Crippen LogP contribution in [0.3, 0.4) is 0 Å². The Kier molecular flexibility index (Phi) is 12.2. The Morgan fingerprint density at radius 3 is 1.57 bits per heavy atom. The minimum Gasteiger partial charge on any atom is -0.351 e. The standard InChI is InChI=1S/C3H7NO.C2H4/c1-4(2)3-5;1-2/h3H,1-2H3;1-2H2. The van der Waals surface area contributed by atoms with Crippen molar-refractivity contribution in [3.05, 3.63) is 13.2 Å². The van der Waals surface area contributed by atoms with E-state index in [0.717, 1.165) is 6.41 Å². The van der Waals surface area contributed by atoms with Crippen LogP contribution in [-0.2, 0) is 4.79 Å². The molecule has 0 aromatic carbocycles. The van der Waals surface area contributed by atoms with E-state index in [2.05, 4.69) is 13.2 Å². The van der Waals surface area contributed by atoms with E-state index in [0.29, 0.717) is 0 Å². The maximum absolute atomic E-state index is 9.43. The van der Waals surface area contributed by atoms with Gasteiger partial charge in [0.05, 0.1) is 0 Å². The number of carbonyl (C=O) groups excluding carboxylic acids is 1. The van der Waals surface area contributed by atoms with Crippen LogP contribution in [0.25, 0.3) is 0 Å². The third-order valence-corrected chi connectivity index (χ3v) is 0.211. The van der Waals surface area contributed by atoms with Crippen LogP contribution < -0.4 is 0 Å². The Balaban J connectivity index is 0. The summed E-state index contributed by atoms with van der Waals surface area (Å²) in [7, 11) is 3.38. The number of hydrogen-bond donors (Lipinski definition) is 0. The maximum Gasteiger partial charge on any atom is 0.209 e. The number of nitrogens with zero attached hydrogens (tertiary/aromatic N) is 1. The van der Waals surface area contributed by atoms with Crippen molar-refractivity contribution in [1.29, 1.82) is 0 Å². The Hall–Kier alpha value is -0.790. The summed E-state index contributed by atoms with van der Waals surface area (Å²) in [6, 6.07) is 0. The van der Waals surface area contributed by atoms with Gasteiger partial charge in [-0.3, -0.25) is 4.79 Å². The van der Waals surface area contributed by atoms with Gasteiger partial charge in [-0.05, 0) is 0 Å². The van der Waals surface area contributed by atoms with Crippen LogP contribution >= 0.6 is 0 Å². The van der Waals surface area contributed by atoms with Gasteiger partial charge >= 0.3 is 0 Å². The summed E-state index contributed by atoms with van der Waals surface area (Å²) in [4.78, 5) is 10.9. The summed E-state index contributed by atoms with van der Waals surface area (Å²) in [5.41, 5.74) is 0. The van der Waals surface area contributed by atoms with Gasteiger partial charge in [-0.1, -0.05) is 0 Å². The predicted molar refractivity (Wildman–Crippen MR) is 31.0 cm³/mol. The quantitative estimate of drug-likeness (QED) is 0.348. The van der Waals surface area contributed by atoms with Gasteiger partial charge < -0.3 is 4.90 Å². The molecular weight excluding hydrogens is 90.1 g/mol. The van der Waals surface area contributed by atoms with E-state index in [1.165, 1.54) is 4.90 Å². The monoisotopic (exact) mass is 101 g/mol. The summed E-state index contributed by atoms with van der Waals surface area (Å²) >= 11 is 0. The summed E-state index contributed by atoms with van der Waals surface area (Å²) in [5.74, 6) is 0. The van der Waals surface area contributed by atoms with Gasteiger partial charge in [-0.2, -0.15) is 0 Å². The largest absolute Gasteiger partial charge is 0.351 e. The minimum absolute atomic E-state index is 0.750. The van der Waals surface area contributed by atoms with Crippen molar-refractivity contribution in [3.63, 3.8) is 0 Å². The van der Waals surface area contributed by atoms with Crippen molar-refractivity contribution < 1.29 is 4.79 Å². The number of carbonyl (C=O) groups is 1. The fourth-order valence-corrected chi connectivity index (χ4v) is 0. The average Bonchev–Trinajstić information content (AvgIpc) is 1.73. The molecule has 0 saturated heterocycles. The van der Waals surface area contributed by atoms with E-state index in [-0.39, 0.29) is 0 Å². The Bertz CT molecular complexity index is 43.3. The van der Waals surface area contributed by atoms with Crippen LogP contribution in [0.1, 0.15) is 0 Å². The predicted octanol–water partition coefficient (Wildman–Crippen LogP) is 0.507. The van der Waals surface area contributed by atoms with Crippen LogP contribution in [-0.4, -0.2) is 25.4 Å². The van der Waals surface area contributed by atoms with Crippen LogP contribution in [0.2, 0.25) is 0 Å². The lowest BCUT2D eigenvalue weighted by Crippen LogP contribution is -2.06. The molecule has 0 aromatic rings. The van der Waals surface area contributed by atoms with Gasteiger partial charge in [0.1, 0.15) is 0 Å². The second kappa shape index (κ2) is 8.96. The molecule has 7 heavy (non-hydrogen) atoms. The topological polar surface area (TPSA) is 20.3 Å². The van der Waals surface area contributed by atoms with E-state index in [1.807, 2.05) is 0 Å². The molecule has 0 rings (SSSR count). The fourth-order valence-electron chi connectivity index (χ4n) is 0. The van der Waals surface area contributed by atoms with Crippen molar-refractivity contribution in [2.24, 2.45) is 0 Å². The van der Waals surface area contributed by atoms with E-state index >= 15 is 0 Å². The van der Waals surface area contributed by atoms with Crippen molar-refractivity contribution in [1.82, 2.24) is 4.90 Å². The van der Waals surface area contributed by atoms with Crippen LogP contribution in [0, 0.1) is 0 Å². The Morgan fingerprint density at radius 2 is 1.57 bits per heavy atom. The molecule has 0 aromatic heterocycles. The van der Waals surface area contributed by atoms with Crippen molar-refractivity contribution in [2.45, 2.75) is 0 Å². The first-order chi connectivity index (χ1) is 3.27. The highest BCUT2D eigenvalue weighted by molar-refractivity contribution is 5.45. The molecule has 0 bridgehead atoms. The molecular formula is C5H11NO. The van der Waals surface area contributed by atoms with Gasteiger partial charge in [0.2, 0.25) is 6.41 Å². The molecule has 0 spiro atoms. The van der Waals surface area contributed by atoms with Crippen molar-refractivity contribution in [2.75, 3.05) is 14.1 Å². The molecule has 0 saturated carbocycles. The van der Waals surface area contributed by atoms with Crippen LogP contribution in [0.15, 0.2) is 13.2 Å². The summed E-state index contributed by atoms with van der Waals surface area (Å²) < 4.78 is 0. The van der Waals surface area contributed by atoms with Gasteiger partial charge in [0.25, 0.3) is 0 Å². The first-order valence-electron chi connectivity index (χ1n) is 1.89. The second-order valence-corrected chi connectivity index (χ2v) is 1.07. The summed E-state index contributed by atoms with van der Waals surface area (Å²) in [6.45, 7) is 6.00. The lowest BCUT2D eigenvalue weighted by molar-refractivity contribution is -0.115. The molecule has 2 nitrogen and oxygen atoms in total. The zero-order valence-corrected chi connectivity index (χ0v) is 4.85. The average molecular weight is 101 g/mol. The summed E-state index contributed by atoms with van der Waals surface area (Å²) in [6.07, 6.45) is 0.750. The van der Waals surface area contributed by atoms with Gasteiger partial charge in [-0.15, -0.1) is 13.2 Å². The molecule has 0 aliphatic carbocycles. The van der Waals surface area contributed by atoms with E-state index in [4.69, 9.17) is 0 Å². The first kappa shape index (κ1) is 9.51. The lowest BCUT2D eigenvalue weighted by Gasteiger charge is -1.93. The van der Waals surface area contributed by atoms with Crippen molar-refractivity contribution in [3.8, 4) is 0 Å². The maximum atomic E-state index is 9.43. The van der Waals surface area contributed by atoms with Gasteiger partial charge in [-0.25, -0.2) is 0 Å². The van der Waals surface area contributed by atoms with Crippen LogP contribution in [0.4, 0.5) is 0 Å². The normalized spacial score (nSPS) is 5.43. The highest BCUT2D eigenvalue weighted by atomic mass is 16.1. The van der Waals surface area contributed by atoms with Gasteiger partial charge in [0.15, 0.2) is 0 Å².